The molecule has 2 fully saturated rings. The van der Waals surface area contributed by atoms with Gasteiger partial charge in [0.15, 0.2) is 0 Å². The van der Waals surface area contributed by atoms with Crippen molar-refractivity contribution in [2.75, 3.05) is 39.3 Å². The summed E-state index contributed by atoms with van der Waals surface area (Å²) >= 11 is 0. The summed E-state index contributed by atoms with van der Waals surface area (Å²) in [5.41, 5.74) is 0. The van der Waals surface area contributed by atoms with Crippen molar-refractivity contribution in [2.45, 2.75) is 30.3 Å². The topological polar surface area (TPSA) is 49.9 Å². The first kappa shape index (κ1) is 17.7. The van der Waals surface area contributed by atoms with E-state index in [9.17, 15) is 17.2 Å². The molecule has 1 atom stereocenters. The van der Waals surface area contributed by atoms with Crippen LogP contribution < -0.4 is 0 Å². The monoisotopic (exact) mass is 360 g/mol. The van der Waals surface area contributed by atoms with Crippen LogP contribution in [0, 0.1) is 11.6 Å². The van der Waals surface area contributed by atoms with E-state index in [1.54, 1.807) is 0 Å². The van der Waals surface area contributed by atoms with Gasteiger partial charge in [-0.2, -0.15) is 4.31 Å². The lowest BCUT2D eigenvalue weighted by Gasteiger charge is -2.24. The average Bonchev–Trinajstić information content (AvgIpc) is 2.90. The lowest BCUT2D eigenvalue weighted by Crippen LogP contribution is -2.37. The Kier molecular flexibility index (Phi) is 5.49. The van der Waals surface area contributed by atoms with Gasteiger partial charge in [-0.1, -0.05) is 0 Å². The Morgan fingerprint density at radius 2 is 1.79 bits per heavy atom. The van der Waals surface area contributed by atoms with E-state index in [0.29, 0.717) is 32.1 Å². The summed E-state index contributed by atoms with van der Waals surface area (Å²) in [5, 5.41) is 0. The van der Waals surface area contributed by atoms with Crippen molar-refractivity contribution in [3.63, 3.8) is 0 Å². The number of rotatable bonds is 4. The van der Waals surface area contributed by atoms with Gasteiger partial charge in [0.25, 0.3) is 0 Å². The van der Waals surface area contributed by atoms with Crippen LogP contribution in [0.15, 0.2) is 23.1 Å². The molecular weight excluding hydrogens is 338 g/mol. The van der Waals surface area contributed by atoms with Gasteiger partial charge in [-0.15, -0.1) is 0 Å². The smallest absolute Gasteiger partial charge is 0.243 e. The first-order chi connectivity index (χ1) is 11.4. The Morgan fingerprint density at radius 1 is 1.04 bits per heavy atom. The maximum atomic E-state index is 13.4. The summed E-state index contributed by atoms with van der Waals surface area (Å²) < 4.78 is 58.9. The summed E-state index contributed by atoms with van der Waals surface area (Å²) in [6, 6.07) is 2.41. The molecule has 24 heavy (non-hydrogen) atoms. The van der Waals surface area contributed by atoms with Gasteiger partial charge in [0.05, 0.1) is 11.0 Å². The van der Waals surface area contributed by atoms with Gasteiger partial charge in [-0.3, -0.25) is 4.90 Å². The Labute approximate surface area is 141 Å². The van der Waals surface area contributed by atoms with Gasteiger partial charge in [0.2, 0.25) is 10.0 Å². The van der Waals surface area contributed by atoms with E-state index >= 15 is 0 Å². The van der Waals surface area contributed by atoms with Crippen LogP contribution in [-0.4, -0.2) is 63.1 Å². The van der Waals surface area contributed by atoms with E-state index in [1.165, 1.54) is 4.31 Å². The summed E-state index contributed by atoms with van der Waals surface area (Å²) in [5.74, 6) is -1.77. The van der Waals surface area contributed by atoms with Crippen LogP contribution in [0.1, 0.15) is 19.3 Å². The van der Waals surface area contributed by atoms with Crippen LogP contribution in [0.4, 0.5) is 8.78 Å². The van der Waals surface area contributed by atoms with Gasteiger partial charge >= 0.3 is 0 Å². The van der Waals surface area contributed by atoms with E-state index in [1.807, 2.05) is 0 Å². The third-order valence-electron chi connectivity index (χ3n) is 4.51. The molecule has 0 aliphatic carbocycles. The number of nitrogens with zero attached hydrogens (tertiary/aromatic N) is 2. The van der Waals surface area contributed by atoms with Gasteiger partial charge in [-0.25, -0.2) is 17.2 Å². The highest BCUT2D eigenvalue weighted by atomic mass is 32.2. The second-order valence-corrected chi connectivity index (χ2v) is 8.24. The first-order valence-corrected chi connectivity index (χ1v) is 9.69. The van der Waals surface area contributed by atoms with Crippen LogP contribution in [0.2, 0.25) is 0 Å². The number of hydrogen-bond acceptors (Lipinski definition) is 4. The predicted octanol–water partition coefficient (Wildman–Crippen LogP) is 1.84. The maximum absolute atomic E-state index is 13.4. The fourth-order valence-corrected chi connectivity index (χ4v) is 4.79. The molecule has 5 nitrogen and oxygen atoms in total. The van der Waals surface area contributed by atoms with Crippen molar-refractivity contribution < 1.29 is 21.9 Å². The molecule has 0 bridgehead atoms. The minimum atomic E-state index is -3.89. The van der Waals surface area contributed by atoms with E-state index in [-0.39, 0.29) is 11.0 Å². The largest absolute Gasteiger partial charge is 0.377 e. The van der Waals surface area contributed by atoms with Gasteiger partial charge < -0.3 is 4.74 Å². The van der Waals surface area contributed by atoms with Gasteiger partial charge in [0.1, 0.15) is 11.6 Å². The second kappa shape index (κ2) is 7.43. The second-order valence-electron chi connectivity index (χ2n) is 6.30. The van der Waals surface area contributed by atoms with Crippen molar-refractivity contribution in [3.05, 3.63) is 29.8 Å². The molecule has 0 unspecified atom stereocenters. The molecule has 2 aliphatic heterocycles. The molecule has 3 rings (SSSR count). The molecule has 8 heteroatoms. The molecule has 0 spiro atoms. The minimum absolute atomic E-state index is 0.227. The molecule has 1 aromatic carbocycles. The molecule has 0 radical (unpaired) electrons. The Morgan fingerprint density at radius 3 is 2.46 bits per heavy atom. The van der Waals surface area contributed by atoms with Crippen molar-refractivity contribution in [1.82, 2.24) is 9.21 Å². The fourth-order valence-electron chi connectivity index (χ4n) is 3.27. The van der Waals surface area contributed by atoms with Crippen molar-refractivity contribution in [1.29, 1.82) is 0 Å². The molecule has 0 N–H and O–H groups in total. The molecule has 2 aliphatic rings. The normalized spacial score (nSPS) is 24.2. The molecule has 0 aromatic heterocycles. The Bertz CT molecular complexity index is 658. The zero-order valence-electron chi connectivity index (χ0n) is 13.5. The Hall–Kier alpha value is -1.09. The third-order valence-corrected chi connectivity index (χ3v) is 6.38. The lowest BCUT2D eigenvalue weighted by molar-refractivity contribution is 0.0749. The lowest BCUT2D eigenvalue weighted by atomic mass is 10.2. The van der Waals surface area contributed by atoms with Crippen LogP contribution >= 0.6 is 0 Å². The summed E-state index contributed by atoms with van der Waals surface area (Å²) in [6.45, 7) is 3.66. The Balaban J connectivity index is 1.68. The van der Waals surface area contributed by atoms with E-state index < -0.39 is 21.7 Å². The van der Waals surface area contributed by atoms with Crippen LogP contribution in [0.5, 0.6) is 0 Å². The molecule has 2 saturated heterocycles. The molecule has 0 amide bonds. The highest BCUT2D eigenvalue weighted by molar-refractivity contribution is 7.89. The summed E-state index contributed by atoms with van der Waals surface area (Å²) in [6.07, 6.45) is 3.03. The average molecular weight is 360 g/mol. The minimum Gasteiger partial charge on any atom is -0.377 e. The fraction of sp³-hybridized carbons (Fsp3) is 0.625. The number of ether oxygens (including phenoxy) is 1. The number of halogens is 2. The van der Waals surface area contributed by atoms with Crippen molar-refractivity contribution >= 4 is 10.0 Å². The highest BCUT2D eigenvalue weighted by Crippen LogP contribution is 2.21. The number of benzene rings is 1. The predicted molar refractivity (Wildman–Crippen MR) is 85.1 cm³/mol. The molecule has 134 valence electrons. The standard InChI is InChI=1S/C16H22F2N2O3S/c17-13-9-14(18)11-16(10-13)24(21,22)20-5-2-4-19(6-7-20)12-15-3-1-8-23-15/h9-11,15H,1-8,12H2/t15-/m0/s1. The SMILES string of the molecule is O=S(=O)(c1cc(F)cc(F)c1)N1CCCN(C[C@@H]2CCCO2)CC1. The number of hydrogen-bond donors (Lipinski definition) is 0. The highest BCUT2D eigenvalue weighted by Gasteiger charge is 2.29. The van der Waals surface area contributed by atoms with Crippen molar-refractivity contribution in [3.8, 4) is 0 Å². The zero-order chi connectivity index (χ0) is 17.2. The number of sulfonamides is 1. The molecule has 2 heterocycles. The maximum Gasteiger partial charge on any atom is 0.243 e. The third kappa shape index (κ3) is 4.11. The van der Waals surface area contributed by atoms with Gasteiger partial charge in [-0.05, 0) is 37.9 Å². The van der Waals surface area contributed by atoms with Crippen molar-refractivity contribution in [2.24, 2.45) is 0 Å². The molecule has 0 saturated carbocycles. The van der Waals surface area contributed by atoms with E-state index in [4.69, 9.17) is 4.74 Å². The van der Waals surface area contributed by atoms with Crippen LogP contribution in [0.25, 0.3) is 0 Å². The van der Waals surface area contributed by atoms with Crippen LogP contribution in [0.3, 0.4) is 0 Å². The summed E-state index contributed by atoms with van der Waals surface area (Å²) in [7, 11) is -3.89. The van der Waals surface area contributed by atoms with E-state index in [0.717, 1.165) is 44.7 Å². The zero-order valence-corrected chi connectivity index (χ0v) is 14.3. The quantitative estimate of drug-likeness (QED) is 0.822. The summed E-state index contributed by atoms with van der Waals surface area (Å²) in [4.78, 5) is 1.88. The van der Waals surface area contributed by atoms with Gasteiger partial charge in [0, 0.05) is 38.9 Å². The molecular formula is C16H22F2N2O3S. The van der Waals surface area contributed by atoms with Crippen LogP contribution in [-0.2, 0) is 14.8 Å². The first-order valence-electron chi connectivity index (χ1n) is 8.25. The molecule has 1 aromatic rings. The van der Waals surface area contributed by atoms with E-state index in [2.05, 4.69) is 4.90 Å².